The zero-order valence-corrected chi connectivity index (χ0v) is 14.6. The number of ether oxygens (including phenoxy) is 2. The van der Waals surface area contributed by atoms with Gasteiger partial charge >= 0.3 is 0 Å². The Hall–Kier alpha value is -1.76. The van der Waals surface area contributed by atoms with Crippen LogP contribution in [-0.4, -0.2) is 52.6 Å². The van der Waals surface area contributed by atoms with Crippen LogP contribution in [0.25, 0.3) is 0 Å². The van der Waals surface area contributed by atoms with Crippen LogP contribution in [0.3, 0.4) is 0 Å². The molecular weight excluding hydrogens is 316 g/mol. The van der Waals surface area contributed by atoms with Gasteiger partial charge in [0, 0.05) is 57.3 Å². The van der Waals surface area contributed by atoms with Gasteiger partial charge in [0.2, 0.25) is 0 Å². The van der Waals surface area contributed by atoms with Crippen molar-refractivity contribution in [1.29, 1.82) is 0 Å². The summed E-state index contributed by atoms with van der Waals surface area (Å²) >= 11 is 0. The van der Waals surface area contributed by atoms with E-state index in [2.05, 4.69) is 31.8 Å². The molecule has 0 amide bonds. The third-order valence-electron chi connectivity index (χ3n) is 5.02. The van der Waals surface area contributed by atoms with E-state index < -0.39 is 0 Å². The molecule has 25 heavy (non-hydrogen) atoms. The number of hydrogen-bond donors (Lipinski definition) is 0. The summed E-state index contributed by atoms with van der Waals surface area (Å²) in [6.45, 7) is 7.21. The van der Waals surface area contributed by atoms with E-state index in [9.17, 15) is 0 Å². The number of aromatic nitrogens is 3. The molecule has 0 aromatic carbocycles. The first-order valence-electron chi connectivity index (χ1n) is 9.14. The Morgan fingerprint density at radius 1 is 1.20 bits per heavy atom. The maximum Gasteiger partial charge on any atom is 0.0731 e. The summed E-state index contributed by atoms with van der Waals surface area (Å²) in [6.07, 6.45) is 6.74. The molecular formula is C19H26N4O2. The number of rotatable bonds is 6. The molecule has 0 saturated carbocycles. The molecule has 0 N–H and O–H groups in total. The fraction of sp³-hybridized carbons (Fsp3) is 0.579. The molecule has 0 radical (unpaired) electrons. The second-order valence-electron chi connectivity index (χ2n) is 7.17. The molecule has 1 saturated heterocycles. The molecule has 6 nitrogen and oxygen atoms in total. The summed E-state index contributed by atoms with van der Waals surface area (Å²) in [5.41, 5.74) is 2.42. The predicted molar refractivity (Wildman–Crippen MR) is 93.8 cm³/mol. The fourth-order valence-electron chi connectivity index (χ4n) is 3.78. The lowest BCUT2D eigenvalue weighted by Gasteiger charge is -2.26. The van der Waals surface area contributed by atoms with E-state index in [1.165, 1.54) is 12.1 Å². The van der Waals surface area contributed by atoms with Gasteiger partial charge in [-0.25, -0.2) is 0 Å². The van der Waals surface area contributed by atoms with Crippen molar-refractivity contribution in [2.75, 3.05) is 32.9 Å². The van der Waals surface area contributed by atoms with Gasteiger partial charge in [0.1, 0.15) is 0 Å². The summed E-state index contributed by atoms with van der Waals surface area (Å²) in [7, 11) is 0. The number of hydrogen-bond acceptors (Lipinski definition) is 5. The summed E-state index contributed by atoms with van der Waals surface area (Å²) in [5.74, 6) is 1.10. The first-order valence-corrected chi connectivity index (χ1v) is 9.14. The van der Waals surface area contributed by atoms with Crippen LogP contribution < -0.4 is 0 Å². The van der Waals surface area contributed by atoms with Gasteiger partial charge in [-0.15, -0.1) is 0 Å². The molecule has 2 aromatic rings. The Kier molecular flexibility index (Phi) is 5.40. The highest BCUT2D eigenvalue weighted by molar-refractivity contribution is 5.06. The van der Waals surface area contributed by atoms with Gasteiger partial charge in [-0.1, -0.05) is 6.07 Å². The Morgan fingerprint density at radius 3 is 3.04 bits per heavy atom. The third-order valence-corrected chi connectivity index (χ3v) is 5.02. The van der Waals surface area contributed by atoms with Crippen LogP contribution in [0.1, 0.15) is 17.7 Å². The Balaban J connectivity index is 1.36. The molecule has 1 fully saturated rings. The standard InChI is InChI=1S/C19H26N4O2/c1-2-16(8-20-5-1)13-25-15-18-10-22(9-17-4-7-24-14-17)12-19-3-6-21-23(19)11-18/h1-3,5-6,8,17-18H,4,7,9-15H2/t17-,18+/m1/s1. The minimum atomic E-state index is 0.445. The van der Waals surface area contributed by atoms with Crippen molar-refractivity contribution in [1.82, 2.24) is 19.7 Å². The first-order chi connectivity index (χ1) is 12.4. The van der Waals surface area contributed by atoms with Crippen molar-refractivity contribution in [2.24, 2.45) is 11.8 Å². The van der Waals surface area contributed by atoms with Crippen LogP contribution >= 0.6 is 0 Å². The molecule has 6 heteroatoms. The Labute approximate surface area is 148 Å². The van der Waals surface area contributed by atoms with E-state index in [1.54, 1.807) is 6.20 Å². The number of fused-ring (bicyclic) bond motifs is 1. The second-order valence-corrected chi connectivity index (χ2v) is 7.17. The molecule has 134 valence electrons. The molecule has 0 aliphatic carbocycles. The lowest BCUT2D eigenvalue weighted by molar-refractivity contribution is 0.0633. The lowest BCUT2D eigenvalue weighted by atomic mass is 10.1. The molecule has 0 unspecified atom stereocenters. The summed E-state index contributed by atoms with van der Waals surface area (Å²) in [6, 6.07) is 6.14. The SMILES string of the molecule is c1cncc(COC[C@H]2CN(C[C@H]3CCOC3)Cc3ccnn3C2)c1. The van der Waals surface area contributed by atoms with Gasteiger partial charge < -0.3 is 9.47 Å². The van der Waals surface area contributed by atoms with Gasteiger partial charge in [0.25, 0.3) is 0 Å². The van der Waals surface area contributed by atoms with Gasteiger partial charge in [-0.2, -0.15) is 5.10 Å². The van der Waals surface area contributed by atoms with Crippen LogP contribution in [0.4, 0.5) is 0 Å². The van der Waals surface area contributed by atoms with Crippen LogP contribution in [0.2, 0.25) is 0 Å². The molecule has 2 aliphatic heterocycles. The summed E-state index contributed by atoms with van der Waals surface area (Å²) in [4.78, 5) is 6.70. The fourth-order valence-corrected chi connectivity index (χ4v) is 3.78. The zero-order chi connectivity index (χ0) is 16.9. The monoisotopic (exact) mass is 342 g/mol. The smallest absolute Gasteiger partial charge is 0.0731 e. The van der Waals surface area contributed by atoms with E-state index in [0.717, 1.165) is 51.6 Å². The average molecular weight is 342 g/mol. The van der Waals surface area contributed by atoms with Crippen molar-refractivity contribution in [2.45, 2.75) is 26.1 Å². The van der Waals surface area contributed by atoms with Gasteiger partial charge in [0.15, 0.2) is 0 Å². The molecule has 2 atom stereocenters. The van der Waals surface area contributed by atoms with E-state index in [0.29, 0.717) is 18.4 Å². The van der Waals surface area contributed by atoms with Crippen LogP contribution in [0.15, 0.2) is 36.8 Å². The quantitative estimate of drug-likeness (QED) is 0.803. The maximum atomic E-state index is 5.99. The number of pyridine rings is 1. The van der Waals surface area contributed by atoms with Gasteiger partial charge in [-0.3, -0.25) is 14.6 Å². The van der Waals surface area contributed by atoms with E-state index >= 15 is 0 Å². The highest BCUT2D eigenvalue weighted by Crippen LogP contribution is 2.20. The average Bonchev–Trinajstić information content (AvgIpc) is 3.25. The number of nitrogens with zero attached hydrogens (tertiary/aromatic N) is 4. The molecule has 0 bridgehead atoms. The highest BCUT2D eigenvalue weighted by Gasteiger charge is 2.26. The van der Waals surface area contributed by atoms with Crippen molar-refractivity contribution >= 4 is 0 Å². The maximum absolute atomic E-state index is 5.99. The minimum absolute atomic E-state index is 0.445. The van der Waals surface area contributed by atoms with Crippen molar-refractivity contribution < 1.29 is 9.47 Å². The molecule has 0 spiro atoms. The van der Waals surface area contributed by atoms with Crippen LogP contribution in [0, 0.1) is 11.8 Å². The normalized spacial score (nSPS) is 24.2. The molecule has 4 heterocycles. The lowest BCUT2D eigenvalue weighted by Crippen LogP contribution is -2.34. The van der Waals surface area contributed by atoms with Crippen molar-refractivity contribution in [3.8, 4) is 0 Å². The molecule has 2 aromatic heterocycles. The van der Waals surface area contributed by atoms with E-state index in [-0.39, 0.29) is 0 Å². The highest BCUT2D eigenvalue weighted by atomic mass is 16.5. The van der Waals surface area contributed by atoms with E-state index in [1.807, 2.05) is 18.5 Å². The van der Waals surface area contributed by atoms with Crippen LogP contribution in [-0.2, 0) is 29.2 Å². The Bertz CT molecular complexity index is 654. The largest absolute Gasteiger partial charge is 0.381 e. The topological polar surface area (TPSA) is 52.4 Å². The predicted octanol–water partition coefficient (Wildman–Crippen LogP) is 1.96. The van der Waals surface area contributed by atoms with Gasteiger partial charge in [-0.05, 0) is 30.0 Å². The summed E-state index contributed by atoms with van der Waals surface area (Å²) < 4.78 is 13.7. The third kappa shape index (κ3) is 4.45. The second kappa shape index (κ2) is 8.08. The van der Waals surface area contributed by atoms with Gasteiger partial charge in [0.05, 0.1) is 25.5 Å². The molecule has 2 aliphatic rings. The van der Waals surface area contributed by atoms with Crippen LogP contribution in [0.5, 0.6) is 0 Å². The first kappa shape index (κ1) is 16.7. The zero-order valence-electron chi connectivity index (χ0n) is 14.6. The minimum Gasteiger partial charge on any atom is -0.381 e. The van der Waals surface area contributed by atoms with E-state index in [4.69, 9.17) is 9.47 Å². The summed E-state index contributed by atoms with van der Waals surface area (Å²) in [5, 5.41) is 4.50. The van der Waals surface area contributed by atoms with Crippen molar-refractivity contribution in [3.63, 3.8) is 0 Å². The molecule has 4 rings (SSSR count). The van der Waals surface area contributed by atoms with Crippen molar-refractivity contribution in [3.05, 3.63) is 48.0 Å². The Morgan fingerprint density at radius 2 is 2.20 bits per heavy atom.